The standard InChI is InChI=1S/C15H16Cl2N4O/c1-9(11-7-10(16)3-4-13(11)22-2)21-6-5-18-15-12(21)8-14(17)19-20-15/h3-4,7-9H,5-6H2,1-2H3,(H,18,20)/t9-/m1/s1. The van der Waals surface area contributed by atoms with Gasteiger partial charge in [0.15, 0.2) is 11.0 Å². The largest absolute Gasteiger partial charge is 0.496 e. The van der Waals surface area contributed by atoms with Gasteiger partial charge in [-0.05, 0) is 25.1 Å². The van der Waals surface area contributed by atoms with Crippen LogP contribution in [0.15, 0.2) is 24.3 Å². The van der Waals surface area contributed by atoms with Gasteiger partial charge in [0.2, 0.25) is 0 Å². The minimum Gasteiger partial charge on any atom is -0.496 e. The fourth-order valence-corrected chi connectivity index (χ4v) is 3.04. The summed E-state index contributed by atoms with van der Waals surface area (Å²) < 4.78 is 5.47. The Labute approximate surface area is 139 Å². The molecule has 116 valence electrons. The van der Waals surface area contributed by atoms with Gasteiger partial charge >= 0.3 is 0 Å². The summed E-state index contributed by atoms with van der Waals surface area (Å²) in [6.45, 7) is 3.72. The van der Waals surface area contributed by atoms with Crippen molar-refractivity contribution in [2.24, 2.45) is 0 Å². The van der Waals surface area contributed by atoms with Crippen LogP contribution in [-0.2, 0) is 0 Å². The lowest BCUT2D eigenvalue weighted by Crippen LogP contribution is -2.36. The number of nitrogens with zero attached hydrogens (tertiary/aromatic N) is 3. The second kappa shape index (κ2) is 6.18. The van der Waals surface area contributed by atoms with Gasteiger partial charge < -0.3 is 15.0 Å². The molecule has 0 fully saturated rings. The number of rotatable bonds is 3. The summed E-state index contributed by atoms with van der Waals surface area (Å²) in [6.07, 6.45) is 0. The van der Waals surface area contributed by atoms with Crippen LogP contribution >= 0.6 is 23.2 Å². The molecule has 1 aliphatic heterocycles. The summed E-state index contributed by atoms with van der Waals surface area (Å²) >= 11 is 12.2. The Bertz CT molecular complexity index is 695. The maximum Gasteiger partial charge on any atom is 0.172 e. The predicted molar refractivity (Wildman–Crippen MR) is 89.3 cm³/mol. The zero-order chi connectivity index (χ0) is 15.7. The zero-order valence-corrected chi connectivity index (χ0v) is 13.8. The molecule has 5 nitrogen and oxygen atoms in total. The molecule has 0 saturated carbocycles. The van der Waals surface area contributed by atoms with E-state index in [4.69, 9.17) is 27.9 Å². The zero-order valence-electron chi connectivity index (χ0n) is 12.3. The van der Waals surface area contributed by atoms with Crippen LogP contribution in [-0.4, -0.2) is 30.4 Å². The average Bonchev–Trinajstić information content (AvgIpc) is 2.53. The lowest BCUT2D eigenvalue weighted by Gasteiger charge is -2.36. The monoisotopic (exact) mass is 338 g/mol. The molecule has 2 aromatic rings. The lowest BCUT2D eigenvalue weighted by molar-refractivity contribution is 0.405. The SMILES string of the molecule is COc1ccc(Cl)cc1[C@@H](C)N1CCNc2nnc(Cl)cc21. The van der Waals surface area contributed by atoms with Gasteiger partial charge in [-0.25, -0.2) is 0 Å². The Morgan fingerprint density at radius 2 is 2.09 bits per heavy atom. The average molecular weight is 339 g/mol. The van der Waals surface area contributed by atoms with Crippen LogP contribution in [0.5, 0.6) is 5.75 Å². The molecule has 7 heteroatoms. The van der Waals surface area contributed by atoms with Crippen LogP contribution in [0.3, 0.4) is 0 Å². The second-order valence-corrected chi connectivity index (χ2v) is 5.91. The van der Waals surface area contributed by atoms with Crippen molar-refractivity contribution in [1.82, 2.24) is 10.2 Å². The number of methoxy groups -OCH3 is 1. The molecule has 1 atom stereocenters. The molecule has 1 aromatic carbocycles. The Hall–Kier alpha value is -1.72. The Morgan fingerprint density at radius 3 is 2.86 bits per heavy atom. The quantitative estimate of drug-likeness (QED) is 0.922. The number of benzene rings is 1. The van der Waals surface area contributed by atoms with E-state index in [-0.39, 0.29) is 6.04 Å². The Kier molecular flexibility index (Phi) is 4.27. The highest BCUT2D eigenvalue weighted by molar-refractivity contribution is 6.30. The smallest absolute Gasteiger partial charge is 0.172 e. The molecule has 2 heterocycles. The number of hydrogen-bond donors (Lipinski definition) is 1. The van der Waals surface area contributed by atoms with Gasteiger partial charge in [-0.3, -0.25) is 0 Å². The van der Waals surface area contributed by atoms with Crippen molar-refractivity contribution in [2.45, 2.75) is 13.0 Å². The third-order valence-corrected chi connectivity index (χ3v) is 4.23. The lowest BCUT2D eigenvalue weighted by atomic mass is 10.0. The van der Waals surface area contributed by atoms with Crippen LogP contribution in [0.4, 0.5) is 11.5 Å². The first-order valence-corrected chi connectivity index (χ1v) is 7.73. The molecule has 0 bridgehead atoms. The third kappa shape index (κ3) is 2.78. The molecule has 1 aromatic heterocycles. The molecule has 0 amide bonds. The van der Waals surface area contributed by atoms with Gasteiger partial charge in [0.05, 0.1) is 18.8 Å². The highest BCUT2D eigenvalue weighted by atomic mass is 35.5. The summed E-state index contributed by atoms with van der Waals surface area (Å²) in [5.74, 6) is 1.55. The summed E-state index contributed by atoms with van der Waals surface area (Å²) in [7, 11) is 1.66. The van der Waals surface area contributed by atoms with E-state index in [0.717, 1.165) is 35.9 Å². The summed E-state index contributed by atoms with van der Waals surface area (Å²) in [5, 5.41) is 12.3. The van der Waals surface area contributed by atoms with Gasteiger partial charge in [0.1, 0.15) is 5.75 Å². The summed E-state index contributed by atoms with van der Waals surface area (Å²) in [4.78, 5) is 2.22. The van der Waals surface area contributed by atoms with Crippen molar-refractivity contribution < 1.29 is 4.74 Å². The second-order valence-electron chi connectivity index (χ2n) is 5.08. The van der Waals surface area contributed by atoms with Crippen LogP contribution < -0.4 is 15.0 Å². The van der Waals surface area contributed by atoms with E-state index < -0.39 is 0 Å². The van der Waals surface area contributed by atoms with E-state index in [1.165, 1.54) is 0 Å². The molecular weight excluding hydrogens is 323 g/mol. The van der Waals surface area contributed by atoms with E-state index in [0.29, 0.717) is 10.2 Å². The number of aromatic nitrogens is 2. The van der Waals surface area contributed by atoms with E-state index in [1.807, 2.05) is 24.3 Å². The molecule has 0 saturated heterocycles. The van der Waals surface area contributed by atoms with Gasteiger partial charge in [-0.2, -0.15) is 0 Å². The van der Waals surface area contributed by atoms with Crippen LogP contribution in [0.1, 0.15) is 18.5 Å². The number of halogens is 2. The number of hydrogen-bond acceptors (Lipinski definition) is 5. The maximum absolute atomic E-state index is 6.15. The maximum atomic E-state index is 6.15. The van der Waals surface area contributed by atoms with E-state index in [1.54, 1.807) is 7.11 Å². The Balaban J connectivity index is 2.02. The van der Waals surface area contributed by atoms with Crippen molar-refractivity contribution in [2.75, 3.05) is 30.4 Å². The Morgan fingerprint density at radius 1 is 1.27 bits per heavy atom. The third-order valence-electron chi connectivity index (χ3n) is 3.81. The first-order valence-electron chi connectivity index (χ1n) is 6.97. The van der Waals surface area contributed by atoms with Crippen molar-refractivity contribution in [3.8, 4) is 5.75 Å². The molecule has 3 rings (SSSR count). The molecule has 1 aliphatic rings. The molecular formula is C15H16Cl2N4O. The molecule has 0 unspecified atom stereocenters. The number of anilines is 2. The van der Waals surface area contributed by atoms with Crippen molar-refractivity contribution in [1.29, 1.82) is 0 Å². The van der Waals surface area contributed by atoms with Gasteiger partial charge in [0.25, 0.3) is 0 Å². The summed E-state index contributed by atoms with van der Waals surface area (Å²) in [5.41, 5.74) is 1.96. The van der Waals surface area contributed by atoms with Crippen molar-refractivity contribution >= 4 is 34.7 Å². The fraction of sp³-hybridized carbons (Fsp3) is 0.333. The molecule has 0 aliphatic carbocycles. The van der Waals surface area contributed by atoms with Crippen LogP contribution in [0.25, 0.3) is 0 Å². The van der Waals surface area contributed by atoms with Gasteiger partial charge in [-0.15, -0.1) is 10.2 Å². The van der Waals surface area contributed by atoms with Crippen molar-refractivity contribution in [3.05, 3.63) is 40.0 Å². The minimum absolute atomic E-state index is 0.0646. The molecule has 0 radical (unpaired) electrons. The molecule has 0 spiro atoms. The van der Waals surface area contributed by atoms with E-state index >= 15 is 0 Å². The first-order chi connectivity index (χ1) is 10.6. The van der Waals surface area contributed by atoms with E-state index in [9.17, 15) is 0 Å². The van der Waals surface area contributed by atoms with Gasteiger partial charge in [-0.1, -0.05) is 23.2 Å². The first kappa shape index (κ1) is 15.2. The number of nitrogens with one attached hydrogen (secondary N) is 1. The number of fused-ring (bicyclic) bond motifs is 1. The molecule has 1 N–H and O–H groups in total. The fourth-order valence-electron chi connectivity index (χ4n) is 2.72. The van der Waals surface area contributed by atoms with Crippen LogP contribution in [0, 0.1) is 0 Å². The molecule has 22 heavy (non-hydrogen) atoms. The van der Waals surface area contributed by atoms with E-state index in [2.05, 4.69) is 27.3 Å². The highest BCUT2D eigenvalue weighted by Crippen LogP contribution is 2.38. The minimum atomic E-state index is 0.0646. The van der Waals surface area contributed by atoms with Crippen molar-refractivity contribution in [3.63, 3.8) is 0 Å². The topological polar surface area (TPSA) is 50.3 Å². The van der Waals surface area contributed by atoms with Crippen LogP contribution in [0.2, 0.25) is 10.2 Å². The normalized spacial score (nSPS) is 15.0. The highest BCUT2D eigenvalue weighted by Gasteiger charge is 2.26. The summed E-state index contributed by atoms with van der Waals surface area (Å²) in [6, 6.07) is 7.53. The number of ether oxygens (including phenoxy) is 1. The predicted octanol–water partition coefficient (Wildman–Crippen LogP) is 3.79. The van der Waals surface area contributed by atoms with Gasteiger partial charge in [0, 0.05) is 29.7 Å².